The van der Waals surface area contributed by atoms with E-state index in [0.717, 1.165) is 11.3 Å². The Morgan fingerprint density at radius 2 is 1.66 bits per heavy atom. The zero-order chi connectivity index (χ0) is 31.8. The highest BCUT2D eigenvalue weighted by Crippen LogP contribution is 2.46. The number of aliphatic hydroxyl groups excluding tert-OH is 1. The number of aliphatic hydroxyl groups is 1. The molecule has 44 heavy (non-hydrogen) atoms. The Morgan fingerprint density at radius 1 is 1.05 bits per heavy atom. The van der Waals surface area contributed by atoms with Gasteiger partial charge >= 0.3 is 5.97 Å². The quantitative estimate of drug-likeness (QED) is 0.257. The fourth-order valence-corrected chi connectivity index (χ4v) is 5.72. The van der Waals surface area contributed by atoms with Gasteiger partial charge in [-0.2, -0.15) is 0 Å². The molecule has 2 heterocycles. The van der Waals surface area contributed by atoms with Gasteiger partial charge in [-0.1, -0.05) is 81.1 Å². The predicted molar refractivity (Wildman–Crippen MR) is 171 cm³/mol. The van der Waals surface area contributed by atoms with Gasteiger partial charge in [-0.3, -0.25) is 9.59 Å². The number of anilines is 1. The summed E-state index contributed by atoms with van der Waals surface area (Å²) in [6.07, 6.45) is -0.253. The van der Waals surface area contributed by atoms with Crippen molar-refractivity contribution in [1.82, 2.24) is 4.90 Å². The molecular weight excluding hydrogens is 557 g/mol. The minimum Gasteiger partial charge on any atom is -0.462 e. The molecule has 0 saturated carbocycles. The van der Waals surface area contributed by atoms with Crippen LogP contribution in [-0.4, -0.2) is 40.6 Å². The summed E-state index contributed by atoms with van der Waals surface area (Å²) in [5.41, 5.74) is 10.3. The second-order valence-corrected chi connectivity index (χ2v) is 11.6. The standard InChI is InChI=1S/C28H31FN2O4.C8H11N/c1-17(2)26-25(28(34)30-21-7-5-4-6-8-21)18(3)27(19-9-11-20(29)12-10-19)31(26)14-13-23-15-22(32)16-24(33)35-23;1-7(9)8-5-3-2-4-6-8/h4-12,17,22-23,27,32H,3,13-16H2,1-2H3,(H,30,34);2-7H,9H2,1H3/t;7-/m.1/s1. The fourth-order valence-electron chi connectivity index (χ4n) is 5.72. The second-order valence-electron chi connectivity index (χ2n) is 11.6. The number of ether oxygens (including phenoxy) is 1. The summed E-state index contributed by atoms with van der Waals surface area (Å²) in [5, 5.41) is 13.0. The first kappa shape index (κ1) is 32.6. The Hall–Kier alpha value is -4.27. The average molecular weight is 600 g/mol. The molecule has 4 atom stereocenters. The molecule has 0 aromatic heterocycles. The van der Waals surface area contributed by atoms with E-state index in [1.807, 2.05) is 81.4 Å². The number of amides is 1. The van der Waals surface area contributed by atoms with Gasteiger partial charge < -0.3 is 25.8 Å². The molecule has 3 unspecified atom stereocenters. The molecule has 0 bridgehead atoms. The van der Waals surface area contributed by atoms with Crippen molar-refractivity contribution in [3.63, 3.8) is 0 Å². The number of benzene rings is 3. The van der Waals surface area contributed by atoms with Gasteiger partial charge in [0.05, 0.1) is 24.1 Å². The number of allylic oxidation sites excluding steroid dienone is 1. The van der Waals surface area contributed by atoms with E-state index in [2.05, 4.69) is 16.8 Å². The lowest BCUT2D eigenvalue weighted by molar-refractivity contribution is -0.160. The summed E-state index contributed by atoms with van der Waals surface area (Å²) in [6, 6.07) is 25.3. The number of cyclic esters (lactones) is 1. The number of para-hydroxylation sites is 1. The Bertz CT molecular complexity index is 1460. The molecule has 5 rings (SSSR count). The Labute approximate surface area is 259 Å². The van der Waals surface area contributed by atoms with Crippen LogP contribution >= 0.6 is 0 Å². The Morgan fingerprint density at radius 3 is 2.20 bits per heavy atom. The van der Waals surface area contributed by atoms with E-state index in [1.165, 1.54) is 17.7 Å². The molecule has 232 valence electrons. The lowest BCUT2D eigenvalue weighted by atomic mass is 9.95. The van der Waals surface area contributed by atoms with Crippen molar-refractivity contribution in [2.24, 2.45) is 11.7 Å². The highest BCUT2D eigenvalue weighted by molar-refractivity contribution is 6.08. The number of hydrogen-bond donors (Lipinski definition) is 3. The number of carbonyl (C=O) groups is 2. The summed E-state index contributed by atoms with van der Waals surface area (Å²) < 4.78 is 19.2. The number of rotatable bonds is 8. The highest BCUT2D eigenvalue weighted by atomic mass is 19.1. The molecule has 4 N–H and O–H groups in total. The topological polar surface area (TPSA) is 105 Å². The van der Waals surface area contributed by atoms with Crippen LogP contribution in [0.25, 0.3) is 0 Å². The lowest BCUT2D eigenvalue weighted by Crippen LogP contribution is -2.36. The molecule has 0 aliphatic carbocycles. The summed E-state index contributed by atoms with van der Waals surface area (Å²) in [4.78, 5) is 27.4. The molecule has 0 spiro atoms. The molecule has 2 aliphatic heterocycles. The minimum absolute atomic E-state index is 0.00628. The third kappa shape index (κ3) is 8.21. The van der Waals surface area contributed by atoms with Crippen molar-refractivity contribution >= 4 is 17.6 Å². The smallest absolute Gasteiger partial charge is 0.308 e. The number of esters is 1. The van der Waals surface area contributed by atoms with Crippen LogP contribution in [-0.2, 0) is 14.3 Å². The fraction of sp³-hybridized carbons (Fsp3) is 0.333. The molecule has 1 amide bonds. The molecule has 1 saturated heterocycles. The van der Waals surface area contributed by atoms with E-state index in [9.17, 15) is 19.1 Å². The van der Waals surface area contributed by atoms with Crippen molar-refractivity contribution in [3.05, 3.63) is 125 Å². The van der Waals surface area contributed by atoms with Crippen LogP contribution in [0.15, 0.2) is 108 Å². The predicted octanol–water partition coefficient (Wildman–Crippen LogP) is 6.45. The number of nitrogens with zero attached hydrogens (tertiary/aromatic N) is 1. The van der Waals surface area contributed by atoms with Crippen LogP contribution in [0.3, 0.4) is 0 Å². The third-order valence-electron chi connectivity index (χ3n) is 7.77. The first-order valence-electron chi connectivity index (χ1n) is 15.0. The number of nitrogens with one attached hydrogen (secondary N) is 1. The molecule has 0 radical (unpaired) electrons. The van der Waals surface area contributed by atoms with Crippen LogP contribution in [0, 0.1) is 11.7 Å². The van der Waals surface area contributed by atoms with Gasteiger partial charge in [0.2, 0.25) is 0 Å². The molecular formula is C36H42FN3O4. The number of halogens is 1. The highest BCUT2D eigenvalue weighted by Gasteiger charge is 2.40. The molecule has 3 aromatic rings. The van der Waals surface area contributed by atoms with Crippen molar-refractivity contribution in [2.45, 2.75) is 64.3 Å². The minimum atomic E-state index is -0.713. The SMILES string of the molecule is C=C1C(C(=O)Nc2ccccc2)=C(C(C)C)N(CCC2CC(O)CC(=O)O2)C1c1ccc(F)cc1.C[C@@H](N)c1ccccc1. The monoisotopic (exact) mass is 599 g/mol. The van der Waals surface area contributed by atoms with Crippen LogP contribution in [0.2, 0.25) is 0 Å². The van der Waals surface area contributed by atoms with Crippen LogP contribution in [0.4, 0.5) is 10.1 Å². The average Bonchev–Trinajstić information content (AvgIpc) is 3.29. The van der Waals surface area contributed by atoms with E-state index in [4.69, 9.17) is 10.5 Å². The van der Waals surface area contributed by atoms with Gasteiger partial charge in [0.15, 0.2) is 0 Å². The van der Waals surface area contributed by atoms with Crippen molar-refractivity contribution < 1.29 is 23.8 Å². The lowest BCUT2D eigenvalue weighted by Gasteiger charge is -2.34. The largest absolute Gasteiger partial charge is 0.462 e. The molecule has 8 heteroatoms. The zero-order valence-corrected chi connectivity index (χ0v) is 25.6. The molecule has 2 aliphatic rings. The van der Waals surface area contributed by atoms with Gasteiger partial charge in [0, 0.05) is 36.8 Å². The van der Waals surface area contributed by atoms with Crippen LogP contribution in [0.1, 0.15) is 63.2 Å². The molecule has 3 aromatic carbocycles. The first-order chi connectivity index (χ1) is 21.0. The second kappa shape index (κ2) is 14.9. The maximum atomic E-state index is 13.7. The van der Waals surface area contributed by atoms with Gasteiger partial charge in [-0.15, -0.1) is 0 Å². The van der Waals surface area contributed by atoms with Gasteiger partial charge in [0.25, 0.3) is 5.91 Å². The summed E-state index contributed by atoms with van der Waals surface area (Å²) in [5.74, 6) is -1.00. The zero-order valence-electron chi connectivity index (χ0n) is 25.6. The first-order valence-corrected chi connectivity index (χ1v) is 15.0. The summed E-state index contributed by atoms with van der Waals surface area (Å²) >= 11 is 0. The third-order valence-corrected chi connectivity index (χ3v) is 7.77. The number of carbonyl (C=O) groups excluding carboxylic acids is 2. The normalized spacial score (nSPS) is 20.6. The molecule has 7 nitrogen and oxygen atoms in total. The Balaban J connectivity index is 0.000000421. The maximum Gasteiger partial charge on any atom is 0.308 e. The van der Waals surface area contributed by atoms with Crippen molar-refractivity contribution in [2.75, 3.05) is 11.9 Å². The van der Waals surface area contributed by atoms with E-state index in [0.29, 0.717) is 36.2 Å². The summed E-state index contributed by atoms with van der Waals surface area (Å²) in [7, 11) is 0. The van der Waals surface area contributed by atoms with E-state index in [-0.39, 0.29) is 36.1 Å². The van der Waals surface area contributed by atoms with Crippen molar-refractivity contribution in [3.8, 4) is 0 Å². The van der Waals surface area contributed by atoms with E-state index in [1.54, 1.807) is 12.1 Å². The summed E-state index contributed by atoms with van der Waals surface area (Å²) in [6.45, 7) is 10.8. The van der Waals surface area contributed by atoms with Crippen LogP contribution < -0.4 is 11.1 Å². The van der Waals surface area contributed by atoms with Crippen LogP contribution in [0.5, 0.6) is 0 Å². The maximum absolute atomic E-state index is 13.7. The molecule has 1 fully saturated rings. The van der Waals surface area contributed by atoms with Gasteiger partial charge in [-0.25, -0.2) is 4.39 Å². The Kier molecular flexibility index (Phi) is 11.1. The van der Waals surface area contributed by atoms with E-state index >= 15 is 0 Å². The van der Waals surface area contributed by atoms with Gasteiger partial charge in [0.1, 0.15) is 11.9 Å². The van der Waals surface area contributed by atoms with E-state index < -0.39 is 18.2 Å². The number of nitrogens with two attached hydrogens (primary N) is 1. The number of hydrogen-bond acceptors (Lipinski definition) is 6. The van der Waals surface area contributed by atoms with Crippen molar-refractivity contribution in [1.29, 1.82) is 0 Å². The van der Waals surface area contributed by atoms with Gasteiger partial charge in [-0.05, 0) is 53.8 Å².